The molecule has 8 heteroatoms. The Labute approximate surface area is 105 Å². The van der Waals surface area contributed by atoms with E-state index in [4.69, 9.17) is 0 Å². The highest BCUT2D eigenvalue weighted by molar-refractivity contribution is 7.13. The van der Waals surface area contributed by atoms with Gasteiger partial charge in [0.2, 0.25) is 0 Å². The number of esters is 1. The van der Waals surface area contributed by atoms with E-state index in [1.807, 2.05) is 0 Å². The topological polar surface area (TPSA) is 95.2 Å². The molecule has 0 atom stereocenters. The average molecular weight is 265 g/mol. The number of thiazole rings is 1. The van der Waals surface area contributed by atoms with Crippen LogP contribution in [0.3, 0.4) is 0 Å². The van der Waals surface area contributed by atoms with Gasteiger partial charge in [-0.25, -0.2) is 9.78 Å². The minimum atomic E-state index is -0.769. The third-order valence-corrected chi connectivity index (χ3v) is 2.97. The van der Waals surface area contributed by atoms with Crippen LogP contribution in [0.5, 0.6) is 0 Å². The summed E-state index contributed by atoms with van der Waals surface area (Å²) in [5.41, 5.74) is 1.55. The van der Waals surface area contributed by atoms with E-state index >= 15 is 0 Å². The fourth-order valence-electron chi connectivity index (χ4n) is 1.34. The number of aromatic nitrogens is 2. The Morgan fingerprint density at radius 3 is 2.83 bits per heavy atom. The second-order valence-corrected chi connectivity index (χ2v) is 4.09. The fraction of sp³-hybridized carbons (Fsp3) is 0.100. The molecule has 2 heterocycles. The van der Waals surface area contributed by atoms with Crippen molar-refractivity contribution in [1.82, 2.24) is 9.97 Å². The quantitative estimate of drug-likeness (QED) is 0.477. The van der Waals surface area contributed by atoms with Crippen molar-refractivity contribution in [2.45, 2.75) is 0 Å². The second-order valence-electron chi connectivity index (χ2n) is 3.20. The summed E-state index contributed by atoms with van der Waals surface area (Å²) in [6, 6.07) is 1.33. The van der Waals surface area contributed by atoms with Gasteiger partial charge in [0.25, 0.3) is 0 Å². The van der Waals surface area contributed by atoms with E-state index in [2.05, 4.69) is 14.7 Å². The normalized spacial score (nSPS) is 10.1. The van der Waals surface area contributed by atoms with E-state index in [-0.39, 0.29) is 11.3 Å². The zero-order chi connectivity index (χ0) is 13.1. The maximum absolute atomic E-state index is 11.5. The minimum absolute atomic E-state index is 0.124. The third kappa shape index (κ3) is 2.18. The predicted octanol–water partition coefficient (Wildman–Crippen LogP) is 1.90. The van der Waals surface area contributed by atoms with Crippen LogP contribution in [0.1, 0.15) is 10.4 Å². The largest absolute Gasteiger partial charge is 0.465 e. The van der Waals surface area contributed by atoms with Gasteiger partial charge in [-0.1, -0.05) is 0 Å². The van der Waals surface area contributed by atoms with E-state index in [1.54, 1.807) is 11.7 Å². The van der Waals surface area contributed by atoms with Crippen molar-refractivity contribution in [2.24, 2.45) is 0 Å². The Balaban J connectivity index is 2.55. The minimum Gasteiger partial charge on any atom is -0.465 e. The van der Waals surface area contributed by atoms with Crippen molar-refractivity contribution in [1.29, 1.82) is 0 Å². The van der Waals surface area contributed by atoms with Crippen LogP contribution in [0.4, 0.5) is 5.69 Å². The molecule has 7 nitrogen and oxygen atoms in total. The standard InChI is InChI=1S/C10H7N3O4S/c1-17-10(14)6-2-7(9-4-11-5-18-9)12-3-8(6)13(15)16/h2-5H,1H3. The van der Waals surface area contributed by atoms with Gasteiger partial charge in [-0.3, -0.25) is 15.1 Å². The van der Waals surface area contributed by atoms with Gasteiger partial charge in [-0.15, -0.1) is 11.3 Å². The number of hydrogen-bond donors (Lipinski definition) is 0. The molecule has 2 rings (SSSR count). The summed E-state index contributed by atoms with van der Waals surface area (Å²) >= 11 is 1.32. The highest BCUT2D eigenvalue weighted by Gasteiger charge is 2.22. The monoisotopic (exact) mass is 265 g/mol. The molecule has 0 saturated carbocycles. The number of rotatable bonds is 3. The highest BCUT2D eigenvalue weighted by Crippen LogP contribution is 2.26. The van der Waals surface area contributed by atoms with Crippen molar-refractivity contribution >= 4 is 23.0 Å². The molecule has 0 saturated heterocycles. The molecule has 0 N–H and O–H groups in total. The van der Waals surface area contributed by atoms with Gasteiger partial charge in [-0.05, 0) is 6.07 Å². The zero-order valence-corrected chi connectivity index (χ0v) is 10.0. The molecule has 0 spiro atoms. The maximum atomic E-state index is 11.5. The summed E-state index contributed by atoms with van der Waals surface area (Å²) in [4.78, 5) is 30.1. The van der Waals surface area contributed by atoms with E-state index in [1.165, 1.54) is 24.5 Å². The molecule has 0 aliphatic heterocycles. The van der Waals surface area contributed by atoms with Crippen molar-refractivity contribution in [2.75, 3.05) is 7.11 Å². The van der Waals surface area contributed by atoms with Crippen LogP contribution in [-0.4, -0.2) is 28.0 Å². The number of carbonyl (C=O) groups is 1. The highest BCUT2D eigenvalue weighted by atomic mass is 32.1. The Bertz CT molecular complexity index is 597. The number of pyridine rings is 1. The first-order valence-corrected chi connectivity index (χ1v) is 5.63. The summed E-state index contributed by atoms with van der Waals surface area (Å²) in [5.74, 6) is -0.769. The third-order valence-electron chi connectivity index (χ3n) is 2.17. The number of ether oxygens (including phenoxy) is 1. The molecular formula is C10H7N3O4S. The number of nitro groups is 1. The predicted molar refractivity (Wildman–Crippen MR) is 63.3 cm³/mol. The van der Waals surface area contributed by atoms with E-state index in [0.29, 0.717) is 5.69 Å². The smallest absolute Gasteiger partial charge is 0.345 e. The second kappa shape index (κ2) is 4.88. The van der Waals surface area contributed by atoms with Gasteiger partial charge in [0.15, 0.2) is 0 Å². The van der Waals surface area contributed by atoms with Crippen LogP contribution in [0, 0.1) is 10.1 Å². The summed E-state index contributed by atoms with van der Waals surface area (Å²) in [5, 5.41) is 10.8. The molecule has 18 heavy (non-hydrogen) atoms. The Kier molecular flexibility index (Phi) is 3.28. The van der Waals surface area contributed by atoms with Crippen LogP contribution in [0.25, 0.3) is 10.6 Å². The Morgan fingerprint density at radius 2 is 2.28 bits per heavy atom. The molecule has 92 valence electrons. The molecule has 0 unspecified atom stereocenters. The van der Waals surface area contributed by atoms with Crippen LogP contribution in [0.2, 0.25) is 0 Å². The number of nitrogens with zero attached hydrogens (tertiary/aromatic N) is 3. The van der Waals surface area contributed by atoms with Gasteiger partial charge in [0.1, 0.15) is 11.8 Å². The molecule has 2 aromatic rings. The van der Waals surface area contributed by atoms with E-state index < -0.39 is 10.9 Å². The average Bonchev–Trinajstić information content (AvgIpc) is 2.90. The first-order chi connectivity index (χ1) is 8.63. The van der Waals surface area contributed by atoms with E-state index in [0.717, 1.165) is 11.1 Å². The lowest BCUT2D eigenvalue weighted by atomic mass is 10.2. The van der Waals surface area contributed by atoms with E-state index in [9.17, 15) is 14.9 Å². The molecule has 0 radical (unpaired) electrons. The van der Waals surface area contributed by atoms with Gasteiger partial charge in [-0.2, -0.15) is 0 Å². The van der Waals surface area contributed by atoms with Crippen LogP contribution >= 0.6 is 11.3 Å². The molecule has 0 aliphatic carbocycles. The first kappa shape index (κ1) is 12.1. The lowest BCUT2D eigenvalue weighted by Crippen LogP contribution is -2.06. The maximum Gasteiger partial charge on any atom is 0.345 e. The molecule has 0 aromatic carbocycles. The van der Waals surface area contributed by atoms with Crippen molar-refractivity contribution in [3.8, 4) is 10.6 Å². The van der Waals surface area contributed by atoms with Crippen LogP contribution < -0.4 is 0 Å². The van der Waals surface area contributed by atoms with Crippen LogP contribution in [-0.2, 0) is 4.74 Å². The Morgan fingerprint density at radius 1 is 1.50 bits per heavy atom. The lowest BCUT2D eigenvalue weighted by Gasteiger charge is -2.02. The first-order valence-electron chi connectivity index (χ1n) is 4.75. The van der Waals surface area contributed by atoms with Crippen LogP contribution in [0.15, 0.2) is 24.0 Å². The molecule has 0 fully saturated rings. The van der Waals surface area contributed by atoms with Gasteiger partial charge in [0.05, 0.1) is 28.1 Å². The van der Waals surface area contributed by atoms with Gasteiger partial charge >= 0.3 is 11.7 Å². The molecular weight excluding hydrogens is 258 g/mol. The Hall–Kier alpha value is -2.35. The summed E-state index contributed by atoms with van der Waals surface area (Å²) in [7, 11) is 1.17. The van der Waals surface area contributed by atoms with Gasteiger partial charge < -0.3 is 4.74 Å². The molecule has 0 amide bonds. The number of hydrogen-bond acceptors (Lipinski definition) is 7. The fourth-order valence-corrected chi connectivity index (χ4v) is 1.93. The zero-order valence-electron chi connectivity index (χ0n) is 9.19. The summed E-state index contributed by atoms with van der Waals surface area (Å²) in [6.07, 6.45) is 2.61. The van der Waals surface area contributed by atoms with Crippen molar-refractivity contribution in [3.05, 3.63) is 39.6 Å². The lowest BCUT2D eigenvalue weighted by molar-refractivity contribution is -0.385. The molecule has 2 aromatic heterocycles. The summed E-state index contributed by atoms with van der Waals surface area (Å²) < 4.78 is 4.52. The molecule has 0 bridgehead atoms. The van der Waals surface area contributed by atoms with Crippen molar-refractivity contribution < 1.29 is 14.5 Å². The number of carbonyl (C=O) groups excluding carboxylic acids is 1. The summed E-state index contributed by atoms with van der Waals surface area (Å²) in [6.45, 7) is 0. The SMILES string of the molecule is COC(=O)c1cc(-c2cncs2)ncc1[N+](=O)[O-]. The van der Waals surface area contributed by atoms with Gasteiger partial charge in [0, 0.05) is 6.20 Å². The molecule has 0 aliphatic rings. The van der Waals surface area contributed by atoms with Crippen molar-refractivity contribution in [3.63, 3.8) is 0 Å². The number of methoxy groups -OCH3 is 1.